The van der Waals surface area contributed by atoms with Gasteiger partial charge in [0.25, 0.3) is 5.56 Å². The number of nitrogens with zero attached hydrogens (tertiary/aromatic N) is 2. The van der Waals surface area contributed by atoms with Gasteiger partial charge in [0, 0.05) is 15.7 Å². The normalized spacial score (nSPS) is 11.1. The molecule has 0 fully saturated rings. The molecule has 158 valence electrons. The predicted molar refractivity (Wildman–Crippen MR) is 131 cm³/mol. The molecular weight excluding hydrogens is 473 g/mol. The SMILES string of the molecule is Cc1ccc(-n2c(SCC(=O)Nc3cc(Cl)cc(Cl)c3)nc3ccsc3c2=O)c(C)c1. The zero-order valence-corrected chi connectivity index (χ0v) is 19.8. The van der Waals surface area contributed by atoms with Crippen LogP contribution < -0.4 is 10.9 Å². The molecule has 1 N–H and O–H groups in total. The molecule has 0 saturated heterocycles. The van der Waals surface area contributed by atoms with Gasteiger partial charge in [0.15, 0.2) is 5.16 Å². The number of carbonyl (C=O) groups excluding carboxylic acids is 1. The molecule has 0 radical (unpaired) electrons. The summed E-state index contributed by atoms with van der Waals surface area (Å²) in [6.45, 7) is 3.96. The van der Waals surface area contributed by atoms with Gasteiger partial charge in [0.2, 0.25) is 5.91 Å². The Morgan fingerprint density at radius 1 is 1.13 bits per heavy atom. The summed E-state index contributed by atoms with van der Waals surface area (Å²) in [4.78, 5) is 30.4. The molecule has 0 bridgehead atoms. The van der Waals surface area contributed by atoms with Crippen molar-refractivity contribution in [1.82, 2.24) is 9.55 Å². The van der Waals surface area contributed by atoms with Gasteiger partial charge >= 0.3 is 0 Å². The summed E-state index contributed by atoms with van der Waals surface area (Å²) in [5.74, 6) is -0.188. The van der Waals surface area contributed by atoms with Gasteiger partial charge in [0.05, 0.1) is 17.0 Å². The molecule has 0 spiro atoms. The molecule has 1 amide bonds. The highest BCUT2D eigenvalue weighted by Crippen LogP contribution is 2.26. The van der Waals surface area contributed by atoms with Gasteiger partial charge in [-0.05, 0) is 55.1 Å². The van der Waals surface area contributed by atoms with Crippen LogP contribution in [-0.2, 0) is 4.79 Å². The van der Waals surface area contributed by atoms with Gasteiger partial charge in [-0.3, -0.25) is 14.2 Å². The second-order valence-electron chi connectivity index (χ2n) is 6.95. The van der Waals surface area contributed by atoms with Gasteiger partial charge in [0.1, 0.15) is 4.70 Å². The zero-order chi connectivity index (χ0) is 22.1. The first-order chi connectivity index (χ1) is 14.8. The Kier molecular flexibility index (Phi) is 6.39. The number of rotatable bonds is 5. The van der Waals surface area contributed by atoms with E-state index >= 15 is 0 Å². The van der Waals surface area contributed by atoms with Crippen LogP contribution >= 0.6 is 46.3 Å². The molecule has 0 saturated carbocycles. The van der Waals surface area contributed by atoms with Crippen LogP contribution in [0, 0.1) is 13.8 Å². The van der Waals surface area contributed by atoms with Crippen molar-refractivity contribution in [3.63, 3.8) is 0 Å². The van der Waals surface area contributed by atoms with E-state index in [0.29, 0.717) is 31.1 Å². The summed E-state index contributed by atoms with van der Waals surface area (Å²) in [7, 11) is 0. The van der Waals surface area contributed by atoms with E-state index < -0.39 is 0 Å². The second kappa shape index (κ2) is 9.04. The lowest BCUT2D eigenvalue weighted by atomic mass is 10.1. The Balaban J connectivity index is 1.66. The monoisotopic (exact) mass is 489 g/mol. The average molecular weight is 490 g/mol. The van der Waals surface area contributed by atoms with Gasteiger partial charge < -0.3 is 5.32 Å². The third-order valence-corrected chi connectivity index (χ3v) is 6.79. The standard InChI is InChI=1S/C22H17Cl2N3O2S2/c1-12-3-4-18(13(2)7-12)27-21(29)20-17(5-6-30-20)26-22(27)31-11-19(28)25-16-9-14(23)8-15(24)10-16/h3-10H,11H2,1-2H3,(H,25,28). The van der Waals surface area contributed by atoms with E-state index in [-0.39, 0.29) is 17.2 Å². The summed E-state index contributed by atoms with van der Waals surface area (Å²) in [6, 6.07) is 12.5. The van der Waals surface area contributed by atoms with Crippen molar-refractivity contribution in [3.8, 4) is 5.69 Å². The molecule has 5 nitrogen and oxygen atoms in total. The lowest BCUT2D eigenvalue weighted by molar-refractivity contribution is -0.113. The number of anilines is 1. The highest BCUT2D eigenvalue weighted by molar-refractivity contribution is 7.99. The van der Waals surface area contributed by atoms with Gasteiger partial charge in [-0.2, -0.15) is 0 Å². The van der Waals surface area contributed by atoms with Gasteiger partial charge in [-0.1, -0.05) is 52.7 Å². The minimum atomic E-state index is -0.254. The molecule has 0 aliphatic rings. The largest absolute Gasteiger partial charge is 0.325 e. The summed E-state index contributed by atoms with van der Waals surface area (Å²) < 4.78 is 2.17. The number of carbonyl (C=O) groups is 1. The molecule has 31 heavy (non-hydrogen) atoms. The van der Waals surface area contributed by atoms with Crippen molar-refractivity contribution in [3.05, 3.63) is 79.4 Å². The summed E-state index contributed by atoms with van der Waals surface area (Å²) in [5, 5.41) is 5.95. The molecule has 4 rings (SSSR count). The Bertz CT molecular complexity index is 1340. The van der Waals surface area contributed by atoms with Crippen LogP contribution in [0.3, 0.4) is 0 Å². The lowest BCUT2D eigenvalue weighted by Crippen LogP contribution is -2.23. The van der Waals surface area contributed by atoms with E-state index in [1.54, 1.807) is 22.8 Å². The number of fused-ring (bicyclic) bond motifs is 1. The summed E-state index contributed by atoms with van der Waals surface area (Å²) in [6.07, 6.45) is 0. The molecule has 0 atom stereocenters. The van der Waals surface area contributed by atoms with E-state index in [9.17, 15) is 9.59 Å². The number of benzene rings is 2. The fourth-order valence-corrected chi connectivity index (χ4v) is 5.30. The topological polar surface area (TPSA) is 64.0 Å². The van der Waals surface area contributed by atoms with Crippen LogP contribution in [0.4, 0.5) is 5.69 Å². The Hall–Kier alpha value is -2.32. The van der Waals surface area contributed by atoms with E-state index in [1.807, 2.05) is 43.5 Å². The van der Waals surface area contributed by atoms with E-state index in [1.165, 1.54) is 23.1 Å². The zero-order valence-electron chi connectivity index (χ0n) is 16.6. The Morgan fingerprint density at radius 3 is 2.58 bits per heavy atom. The fourth-order valence-electron chi connectivity index (χ4n) is 3.21. The van der Waals surface area contributed by atoms with Crippen LogP contribution in [0.25, 0.3) is 15.9 Å². The number of aryl methyl sites for hydroxylation is 2. The maximum absolute atomic E-state index is 13.2. The molecule has 9 heteroatoms. The number of halogens is 2. The maximum Gasteiger partial charge on any atom is 0.276 e. The molecule has 2 heterocycles. The maximum atomic E-state index is 13.2. The number of thiophene rings is 1. The van der Waals surface area contributed by atoms with Crippen LogP contribution in [0.5, 0.6) is 0 Å². The number of hydrogen-bond donors (Lipinski definition) is 1. The number of nitrogens with one attached hydrogen (secondary N) is 1. The molecule has 4 aromatic rings. The highest BCUT2D eigenvalue weighted by Gasteiger charge is 2.17. The summed E-state index contributed by atoms with van der Waals surface area (Å²) >= 11 is 14.6. The van der Waals surface area contributed by atoms with Crippen molar-refractivity contribution >= 4 is 68.1 Å². The quantitative estimate of drug-likeness (QED) is 0.271. The fraction of sp³-hybridized carbons (Fsp3) is 0.136. The van der Waals surface area contributed by atoms with Crippen molar-refractivity contribution < 1.29 is 4.79 Å². The third kappa shape index (κ3) is 4.80. The number of thioether (sulfide) groups is 1. The van der Waals surface area contributed by atoms with E-state index in [2.05, 4.69) is 10.3 Å². The van der Waals surface area contributed by atoms with Crippen LogP contribution in [0.1, 0.15) is 11.1 Å². The molecular formula is C22H17Cl2N3O2S2. The number of aromatic nitrogens is 2. The molecule has 0 unspecified atom stereocenters. The number of hydrogen-bond acceptors (Lipinski definition) is 5. The number of amides is 1. The smallest absolute Gasteiger partial charge is 0.276 e. The Labute approximate surface area is 197 Å². The van der Waals surface area contributed by atoms with Crippen molar-refractivity contribution in [2.45, 2.75) is 19.0 Å². The van der Waals surface area contributed by atoms with Gasteiger partial charge in [-0.25, -0.2) is 4.98 Å². The summed E-state index contributed by atoms with van der Waals surface area (Å²) in [5.41, 5.74) is 3.81. The van der Waals surface area contributed by atoms with Crippen molar-refractivity contribution in [1.29, 1.82) is 0 Å². The van der Waals surface area contributed by atoms with Crippen LogP contribution in [0.2, 0.25) is 10.0 Å². The average Bonchev–Trinajstić information content (AvgIpc) is 3.15. The molecule has 2 aromatic carbocycles. The first-order valence-electron chi connectivity index (χ1n) is 9.28. The van der Waals surface area contributed by atoms with Crippen molar-refractivity contribution in [2.24, 2.45) is 0 Å². The first kappa shape index (κ1) is 21.9. The predicted octanol–water partition coefficient (Wildman–Crippen LogP) is 6.10. The minimum Gasteiger partial charge on any atom is -0.325 e. The van der Waals surface area contributed by atoms with E-state index in [4.69, 9.17) is 23.2 Å². The van der Waals surface area contributed by atoms with Gasteiger partial charge in [-0.15, -0.1) is 11.3 Å². The molecule has 0 aliphatic heterocycles. The van der Waals surface area contributed by atoms with E-state index in [0.717, 1.165) is 16.8 Å². The highest BCUT2D eigenvalue weighted by atomic mass is 35.5. The molecule has 2 aromatic heterocycles. The minimum absolute atomic E-state index is 0.0666. The lowest BCUT2D eigenvalue weighted by Gasteiger charge is -2.14. The van der Waals surface area contributed by atoms with Crippen LogP contribution in [-0.4, -0.2) is 21.2 Å². The first-order valence-corrected chi connectivity index (χ1v) is 11.9. The molecule has 0 aliphatic carbocycles. The second-order valence-corrected chi connectivity index (χ2v) is 9.69. The Morgan fingerprint density at radius 2 is 1.87 bits per heavy atom. The van der Waals surface area contributed by atoms with Crippen molar-refractivity contribution in [2.75, 3.05) is 11.1 Å². The van der Waals surface area contributed by atoms with Crippen LogP contribution in [0.15, 0.2) is 57.8 Å². The third-order valence-electron chi connectivity index (χ3n) is 4.52.